The summed E-state index contributed by atoms with van der Waals surface area (Å²) in [6.45, 7) is 0.714. The number of nitro benzene ring substituents is 1. The predicted octanol–water partition coefficient (Wildman–Crippen LogP) is 2.23. The van der Waals surface area contributed by atoms with Crippen molar-refractivity contribution >= 4 is 29.4 Å². The Morgan fingerprint density at radius 2 is 1.83 bits per heavy atom. The molecule has 0 saturated carbocycles. The van der Waals surface area contributed by atoms with Gasteiger partial charge in [-0.3, -0.25) is 19.7 Å². The molecule has 3 rings (SSSR count). The zero-order chi connectivity index (χ0) is 21.7. The van der Waals surface area contributed by atoms with Crippen molar-refractivity contribution in [3.05, 3.63) is 69.4 Å². The Labute approximate surface area is 170 Å². The van der Waals surface area contributed by atoms with Crippen molar-refractivity contribution in [1.82, 2.24) is 5.32 Å². The van der Waals surface area contributed by atoms with Crippen molar-refractivity contribution in [3.63, 3.8) is 0 Å². The molecule has 1 N–H and O–H groups in total. The zero-order valence-electron chi connectivity index (χ0n) is 15.7. The molecule has 10 heteroatoms. The van der Waals surface area contributed by atoms with Crippen LogP contribution < -0.4 is 14.8 Å². The van der Waals surface area contributed by atoms with Gasteiger partial charge >= 0.3 is 5.97 Å². The van der Waals surface area contributed by atoms with Crippen LogP contribution in [0.4, 0.5) is 5.69 Å². The molecule has 2 aromatic carbocycles. The van der Waals surface area contributed by atoms with Gasteiger partial charge in [0.15, 0.2) is 23.9 Å². The van der Waals surface area contributed by atoms with E-state index in [9.17, 15) is 24.5 Å². The van der Waals surface area contributed by atoms with E-state index in [0.717, 1.165) is 0 Å². The number of esters is 1. The van der Waals surface area contributed by atoms with Crippen molar-refractivity contribution < 1.29 is 33.5 Å². The summed E-state index contributed by atoms with van der Waals surface area (Å²) in [5.74, 6) is -0.917. The summed E-state index contributed by atoms with van der Waals surface area (Å²) in [5, 5.41) is 13.0. The molecule has 0 spiro atoms. The average molecular weight is 412 g/mol. The van der Waals surface area contributed by atoms with E-state index in [4.69, 9.17) is 14.2 Å². The van der Waals surface area contributed by atoms with Crippen LogP contribution in [-0.4, -0.2) is 36.0 Å². The fourth-order valence-electron chi connectivity index (χ4n) is 2.57. The molecular weight excluding hydrogens is 396 g/mol. The zero-order valence-corrected chi connectivity index (χ0v) is 15.7. The number of carbonyl (C=O) groups is 3. The largest absolute Gasteiger partial charge is 0.454 e. The van der Waals surface area contributed by atoms with Gasteiger partial charge in [0, 0.05) is 24.6 Å². The second kappa shape index (κ2) is 8.86. The number of hydrogen-bond acceptors (Lipinski definition) is 8. The number of hydrogen-bond donors (Lipinski definition) is 1. The molecule has 1 amide bonds. The molecule has 154 valence electrons. The van der Waals surface area contributed by atoms with Gasteiger partial charge in [0.05, 0.1) is 4.92 Å². The van der Waals surface area contributed by atoms with Crippen molar-refractivity contribution in [2.45, 2.75) is 6.92 Å². The number of ether oxygens (including phenoxy) is 3. The minimum absolute atomic E-state index is 0.0911. The molecule has 0 unspecified atom stereocenters. The highest BCUT2D eigenvalue weighted by atomic mass is 16.7. The Bertz CT molecular complexity index is 1040. The third-order valence-electron chi connectivity index (χ3n) is 3.97. The maximum absolute atomic E-state index is 12.4. The van der Waals surface area contributed by atoms with Gasteiger partial charge in [-0.1, -0.05) is 6.07 Å². The lowest BCUT2D eigenvalue weighted by Gasteiger charge is -2.09. The topological polar surface area (TPSA) is 134 Å². The highest BCUT2D eigenvalue weighted by molar-refractivity contribution is 6.01. The quantitative estimate of drug-likeness (QED) is 0.241. The molecule has 1 aliphatic heterocycles. The molecular formula is C20H16N2O8. The Kier molecular flexibility index (Phi) is 6.06. The molecule has 2 aromatic rings. The van der Waals surface area contributed by atoms with Gasteiger partial charge in [0.25, 0.3) is 5.69 Å². The summed E-state index contributed by atoms with van der Waals surface area (Å²) >= 11 is 0. The highest BCUT2D eigenvalue weighted by Crippen LogP contribution is 2.33. The monoisotopic (exact) mass is 412 g/mol. The fourth-order valence-corrected chi connectivity index (χ4v) is 2.57. The van der Waals surface area contributed by atoms with Gasteiger partial charge in [-0.15, -0.1) is 0 Å². The number of benzene rings is 2. The van der Waals surface area contributed by atoms with Gasteiger partial charge in [0.2, 0.25) is 12.7 Å². The van der Waals surface area contributed by atoms with Crippen molar-refractivity contribution in [3.8, 4) is 11.5 Å². The van der Waals surface area contributed by atoms with Crippen LogP contribution in [0, 0.1) is 10.1 Å². The number of ketones is 1. The number of nitro groups is 1. The molecule has 0 saturated heterocycles. The van der Waals surface area contributed by atoms with Crippen LogP contribution in [0.15, 0.2) is 48.2 Å². The number of non-ortho nitro benzene ring substituents is 1. The van der Waals surface area contributed by atoms with Gasteiger partial charge in [-0.2, -0.15) is 0 Å². The van der Waals surface area contributed by atoms with Crippen LogP contribution >= 0.6 is 0 Å². The first-order chi connectivity index (χ1) is 14.3. The summed E-state index contributed by atoms with van der Waals surface area (Å²) in [6, 6.07) is 9.83. The molecule has 0 atom stereocenters. The first-order valence-corrected chi connectivity index (χ1v) is 8.67. The van der Waals surface area contributed by atoms with Crippen LogP contribution in [-0.2, 0) is 14.3 Å². The first-order valence-electron chi connectivity index (χ1n) is 8.67. The molecule has 0 radical (unpaired) electrons. The van der Waals surface area contributed by atoms with Crippen molar-refractivity contribution in [2.24, 2.45) is 0 Å². The molecule has 1 aliphatic rings. The van der Waals surface area contributed by atoms with Crippen LogP contribution in [0.5, 0.6) is 11.5 Å². The Hall–Kier alpha value is -4.21. The van der Waals surface area contributed by atoms with E-state index in [0.29, 0.717) is 17.1 Å². The fraction of sp³-hybridized carbons (Fsp3) is 0.150. The van der Waals surface area contributed by atoms with E-state index in [-0.39, 0.29) is 23.7 Å². The number of amides is 1. The lowest BCUT2D eigenvalue weighted by atomic mass is 10.1. The van der Waals surface area contributed by atoms with Crippen molar-refractivity contribution in [1.29, 1.82) is 0 Å². The van der Waals surface area contributed by atoms with Gasteiger partial charge in [0.1, 0.15) is 5.70 Å². The summed E-state index contributed by atoms with van der Waals surface area (Å²) < 4.78 is 15.5. The van der Waals surface area contributed by atoms with E-state index >= 15 is 0 Å². The summed E-state index contributed by atoms with van der Waals surface area (Å²) in [4.78, 5) is 46.1. The van der Waals surface area contributed by atoms with Gasteiger partial charge in [-0.25, -0.2) is 4.79 Å². The molecule has 0 fully saturated rings. The molecule has 0 bridgehead atoms. The van der Waals surface area contributed by atoms with E-state index in [2.05, 4.69) is 5.32 Å². The normalized spacial score (nSPS) is 12.2. The number of fused-ring (bicyclic) bond motifs is 1. The van der Waals surface area contributed by atoms with Crippen LogP contribution in [0.2, 0.25) is 0 Å². The standard InChI is InChI=1S/C20H16N2O8/c1-12(23)21-16(8-13-2-7-18-19(9-13)30-11-29-18)20(25)28-10-17(24)14-3-5-15(6-4-14)22(26)27/h2-9H,10-11H2,1H3,(H,21,23). The van der Waals surface area contributed by atoms with E-state index in [1.807, 2.05) is 0 Å². The third-order valence-corrected chi connectivity index (χ3v) is 3.97. The van der Waals surface area contributed by atoms with E-state index in [1.54, 1.807) is 18.2 Å². The number of nitrogens with zero attached hydrogens (tertiary/aromatic N) is 1. The second-order valence-corrected chi connectivity index (χ2v) is 6.16. The third kappa shape index (κ3) is 4.98. The molecule has 10 nitrogen and oxygen atoms in total. The number of Topliss-reactive ketones (excluding diaryl/α,β-unsaturated/α-hetero) is 1. The molecule has 0 aromatic heterocycles. The van der Waals surface area contributed by atoms with E-state index < -0.39 is 29.2 Å². The molecule has 0 aliphatic carbocycles. The Morgan fingerprint density at radius 1 is 1.13 bits per heavy atom. The van der Waals surface area contributed by atoms with Crippen LogP contribution in [0.3, 0.4) is 0 Å². The van der Waals surface area contributed by atoms with E-state index in [1.165, 1.54) is 37.3 Å². The summed E-state index contributed by atoms with van der Waals surface area (Å²) in [5.41, 5.74) is 0.358. The number of carbonyl (C=O) groups excluding carboxylic acids is 3. The maximum Gasteiger partial charge on any atom is 0.355 e. The molecule has 1 heterocycles. The van der Waals surface area contributed by atoms with Gasteiger partial charge in [-0.05, 0) is 35.9 Å². The lowest BCUT2D eigenvalue weighted by Crippen LogP contribution is -2.27. The van der Waals surface area contributed by atoms with Gasteiger partial charge < -0.3 is 19.5 Å². The maximum atomic E-state index is 12.4. The second-order valence-electron chi connectivity index (χ2n) is 6.16. The minimum atomic E-state index is -0.918. The number of nitrogens with one attached hydrogen (secondary N) is 1. The Morgan fingerprint density at radius 3 is 2.50 bits per heavy atom. The highest BCUT2D eigenvalue weighted by Gasteiger charge is 2.18. The first kappa shape index (κ1) is 20.5. The SMILES string of the molecule is CC(=O)NC(=Cc1ccc2c(c1)OCO2)C(=O)OCC(=O)c1ccc([N+](=O)[O-])cc1. The summed E-state index contributed by atoms with van der Waals surface area (Å²) in [6.07, 6.45) is 1.38. The average Bonchev–Trinajstić information content (AvgIpc) is 3.19. The predicted molar refractivity (Wildman–Crippen MR) is 103 cm³/mol. The number of rotatable bonds is 7. The van der Waals surface area contributed by atoms with Crippen LogP contribution in [0.25, 0.3) is 6.08 Å². The summed E-state index contributed by atoms with van der Waals surface area (Å²) in [7, 11) is 0. The molecule has 30 heavy (non-hydrogen) atoms. The van der Waals surface area contributed by atoms with Crippen LogP contribution in [0.1, 0.15) is 22.8 Å². The minimum Gasteiger partial charge on any atom is -0.454 e. The Balaban J connectivity index is 1.70. The lowest BCUT2D eigenvalue weighted by molar-refractivity contribution is -0.384. The smallest absolute Gasteiger partial charge is 0.355 e. The van der Waals surface area contributed by atoms with Crippen molar-refractivity contribution in [2.75, 3.05) is 13.4 Å².